The van der Waals surface area contributed by atoms with Crippen molar-refractivity contribution in [2.24, 2.45) is 5.73 Å². The van der Waals surface area contributed by atoms with E-state index in [0.717, 1.165) is 16.5 Å². The predicted molar refractivity (Wildman–Crippen MR) is 114 cm³/mol. The minimum Gasteiger partial charge on any atom is -0.508 e. The van der Waals surface area contributed by atoms with Crippen molar-refractivity contribution in [2.45, 2.75) is 24.9 Å². The zero-order valence-corrected chi connectivity index (χ0v) is 16.7. The van der Waals surface area contributed by atoms with E-state index in [9.17, 15) is 19.5 Å². The molecule has 9 heteroatoms. The molecule has 0 bridgehead atoms. The average Bonchev–Trinajstić information content (AvgIpc) is 3.15. The van der Waals surface area contributed by atoms with E-state index < -0.39 is 36.4 Å². The number of phenols is 1. The molecule has 3 aromatic rings. The highest BCUT2D eigenvalue weighted by molar-refractivity contribution is 5.92. The number of carboxylic acid groups (broad SMARTS) is 1. The number of aromatic nitrogens is 1. The normalized spacial score (nSPS) is 12.8. The molecule has 7 N–H and O–H groups in total. The number of para-hydroxylation sites is 1. The number of aliphatic carboxylic acids is 1. The number of hydrogen-bond donors (Lipinski definition) is 6. The van der Waals surface area contributed by atoms with Crippen molar-refractivity contribution in [3.63, 3.8) is 0 Å². The predicted octanol–water partition coefficient (Wildman–Crippen LogP) is 0.672. The third-order valence-corrected chi connectivity index (χ3v) is 4.87. The van der Waals surface area contributed by atoms with Gasteiger partial charge in [0.1, 0.15) is 18.3 Å². The minimum absolute atomic E-state index is 0.0698. The summed E-state index contributed by atoms with van der Waals surface area (Å²) in [7, 11) is 0. The van der Waals surface area contributed by atoms with Crippen LogP contribution in [-0.2, 0) is 27.2 Å². The van der Waals surface area contributed by atoms with Gasteiger partial charge in [-0.3, -0.25) is 14.4 Å². The summed E-state index contributed by atoms with van der Waals surface area (Å²) in [4.78, 5) is 39.1. The fraction of sp³-hybridized carbons (Fsp3) is 0.227. The number of H-pyrrole nitrogens is 1. The molecule has 2 aromatic carbocycles. The summed E-state index contributed by atoms with van der Waals surface area (Å²) in [5, 5.41) is 24.1. The van der Waals surface area contributed by atoms with Gasteiger partial charge in [0, 0.05) is 23.5 Å². The molecule has 0 radical (unpaired) electrons. The second kappa shape index (κ2) is 9.77. The Labute approximate surface area is 178 Å². The maximum absolute atomic E-state index is 12.7. The number of benzene rings is 2. The molecule has 1 heterocycles. The van der Waals surface area contributed by atoms with Crippen molar-refractivity contribution in [3.8, 4) is 5.75 Å². The third kappa shape index (κ3) is 5.83. The van der Waals surface area contributed by atoms with Crippen LogP contribution in [0, 0.1) is 0 Å². The molecule has 2 amide bonds. The van der Waals surface area contributed by atoms with Gasteiger partial charge in [-0.15, -0.1) is 0 Å². The lowest BCUT2D eigenvalue weighted by Gasteiger charge is -2.20. The highest BCUT2D eigenvalue weighted by Crippen LogP contribution is 2.19. The molecule has 162 valence electrons. The van der Waals surface area contributed by atoms with Gasteiger partial charge in [-0.25, -0.2) is 0 Å². The van der Waals surface area contributed by atoms with Crippen molar-refractivity contribution in [1.82, 2.24) is 15.6 Å². The number of carboxylic acids is 1. The van der Waals surface area contributed by atoms with Gasteiger partial charge >= 0.3 is 5.97 Å². The average molecular weight is 424 g/mol. The van der Waals surface area contributed by atoms with E-state index in [-0.39, 0.29) is 18.6 Å². The lowest BCUT2D eigenvalue weighted by atomic mass is 10.0. The zero-order valence-electron chi connectivity index (χ0n) is 16.7. The molecule has 0 spiro atoms. The number of carbonyl (C=O) groups excluding carboxylic acids is 2. The van der Waals surface area contributed by atoms with Crippen LogP contribution < -0.4 is 16.4 Å². The SMILES string of the molecule is N[C@@H](Cc1c[nH]c2ccccc12)C(=O)N[C@@H](Cc1ccc(O)cc1)C(=O)NCC(=O)O. The molecule has 1 aromatic heterocycles. The van der Waals surface area contributed by atoms with Crippen molar-refractivity contribution in [3.05, 3.63) is 65.9 Å². The van der Waals surface area contributed by atoms with Crippen molar-refractivity contribution in [2.75, 3.05) is 6.54 Å². The molecule has 0 aliphatic heterocycles. The molecule has 0 aliphatic rings. The topological polar surface area (TPSA) is 158 Å². The standard InChI is InChI=1S/C22H24N4O5/c23-17(10-14-11-24-18-4-2-1-3-16(14)18)21(30)26-19(22(31)25-12-20(28)29)9-13-5-7-15(27)8-6-13/h1-8,11,17,19,24,27H,9-10,12,23H2,(H,25,31)(H,26,30)(H,28,29)/t17-,19-/m0/s1. The van der Waals surface area contributed by atoms with Crippen LogP contribution in [-0.4, -0.2) is 51.6 Å². The summed E-state index contributed by atoms with van der Waals surface area (Å²) < 4.78 is 0. The highest BCUT2D eigenvalue weighted by Gasteiger charge is 2.25. The zero-order chi connectivity index (χ0) is 22.4. The Morgan fingerprint density at radius 1 is 1.00 bits per heavy atom. The Balaban J connectivity index is 1.70. The summed E-state index contributed by atoms with van der Waals surface area (Å²) in [6.07, 6.45) is 2.17. The second-order valence-corrected chi connectivity index (χ2v) is 7.21. The summed E-state index contributed by atoms with van der Waals surface area (Å²) in [6, 6.07) is 11.9. The first kappa shape index (κ1) is 21.8. The van der Waals surface area contributed by atoms with E-state index in [1.54, 1.807) is 18.3 Å². The number of amides is 2. The summed E-state index contributed by atoms with van der Waals surface area (Å²) in [6.45, 7) is -0.567. The van der Waals surface area contributed by atoms with Crippen molar-refractivity contribution < 1.29 is 24.6 Å². The summed E-state index contributed by atoms with van der Waals surface area (Å²) in [5.74, 6) is -2.29. The monoisotopic (exact) mass is 424 g/mol. The number of hydrogen-bond acceptors (Lipinski definition) is 5. The van der Waals surface area contributed by atoms with E-state index in [2.05, 4.69) is 15.6 Å². The molecule has 0 saturated carbocycles. The van der Waals surface area contributed by atoms with Gasteiger partial charge in [-0.2, -0.15) is 0 Å². The number of aromatic hydroxyl groups is 1. The van der Waals surface area contributed by atoms with E-state index >= 15 is 0 Å². The molecule has 2 atom stereocenters. The van der Waals surface area contributed by atoms with Crippen molar-refractivity contribution in [1.29, 1.82) is 0 Å². The highest BCUT2D eigenvalue weighted by atomic mass is 16.4. The fourth-order valence-corrected chi connectivity index (χ4v) is 3.27. The summed E-state index contributed by atoms with van der Waals surface area (Å²) in [5.41, 5.74) is 8.59. The van der Waals surface area contributed by atoms with Crippen LogP contribution in [0.4, 0.5) is 0 Å². The van der Waals surface area contributed by atoms with Crippen LogP contribution in [0.2, 0.25) is 0 Å². The first-order valence-electron chi connectivity index (χ1n) is 9.72. The van der Waals surface area contributed by atoms with Gasteiger partial charge in [-0.1, -0.05) is 30.3 Å². The Morgan fingerprint density at radius 2 is 1.71 bits per heavy atom. The number of aromatic amines is 1. The van der Waals surface area contributed by atoms with Gasteiger partial charge in [0.2, 0.25) is 11.8 Å². The second-order valence-electron chi connectivity index (χ2n) is 7.21. The Hall–Kier alpha value is -3.85. The van der Waals surface area contributed by atoms with Crippen LogP contribution in [0.5, 0.6) is 5.75 Å². The lowest BCUT2D eigenvalue weighted by Crippen LogP contribution is -2.53. The van der Waals surface area contributed by atoms with Gasteiger partial charge in [0.05, 0.1) is 6.04 Å². The fourth-order valence-electron chi connectivity index (χ4n) is 3.27. The Kier molecular flexibility index (Phi) is 6.88. The van der Waals surface area contributed by atoms with E-state index in [1.807, 2.05) is 24.3 Å². The molecule has 3 rings (SSSR count). The molecular formula is C22H24N4O5. The number of nitrogens with two attached hydrogens (primary N) is 1. The van der Waals surface area contributed by atoms with Crippen molar-refractivity contribution >= 4 is 28.7 Å². The van der Waals surface area contributed by atoms with Gasteiger partial charge in [0.25, 0.3) is 0 Å². The summed E-state index contributed by atoms with van der Waals surface area (Å²) >= 11 is 0. The molecule has 9 nitrogen and oxygen atoms in total. The first-order chi connectivity index (χ1) is 14.8. The lowest BCUT2D eigenvalue weighted by molar-refractivity contribution is -0.138. The van der Waals surface area contributed by atoms with Crippen LogP contribution in [0.3, 0.4) is 0 Å². The van der Waals surface area contributed by atoms with Gasteiger partial charge < -0.3 is 31.6 Å². The number of phenolic OH excluding ortho intramolecular Hbond substituents is 1. The first-order valence-corrected chi connectivity index (χ1v) is 9.72. The molecule has 0 aliphatic carbocycles. The van der Waals surface area contributed by atoms with Gasteiger partial charge in [-0.05, 0) is 35.7 Å². The van der Waals surface area contributed by atoms with Crippen LogP contribution in [0.1, 0.15) is 11.1 Å². The largest absolute Gasteiger partial charge is 0.508 e. The Bertz CT molecular complexity index is 1080. The molecular weight excluding hydrogens is 400 g/mol. The molecule has 0 unspecified atom stereocenters. The van der Waals surface area contributed by atoms with E-state index in [4.69, 9.17) is 10.8 Å². The number of carbonyl (C=O) groups is 3. The molecule has 0 fully saturated rings. The van der Waals surface area contributed by atoms with Gasteiger partial charge in [0.15, 0.2) is 0 Å². The number of rotatable bonds is 9. The maximum atomic E-state index is 12.7. The van der Waals surface area contributed by atoms with Crippen LogP contribution in [0.25, 0.3) is 10.9 Å². The number of nitrogens with one attached hydrogen (secondary N) is 3. The van der Waals surface area contributed by atoms with E-state index in [1.165, 1.54) is 12.1 Å². The Morgan fingerprint density at radius 3 is 2.42 bits per heavy atom. The van der Waals surface area contributed by atoms with E-state index in [0.29, 0.717) is 5.56 Å². The smallest absolute Gasteiger partial charge is 0.322 e. The molecule has 0 saturated heterocycles. The van der Waals surface area contributed by atoms with Crippen LogP contribution >= 0.6 is 0 Å². The quantitative estimate of drug-likeness (QED) is 0.296. The van der Waals surface area contributed by atoms with Crippen LogP contribution in [0.15, 0.2) is 54.7 Å². The maximum Gasteiger partial charge on any atom is 0.322 e. The third-order valence-electron chi connectivity index (χ3n) is 4.87. The number of fused-ring (bicyclic) bond motifs is 1. The molecule has 31 heavy (non-hydrogen) atoms. The minimum atomic E-state index is -1.20.